The molecule has 3 atom stereocenters. The van der Waals surface area contributed by atoms with Crippen LogP contribution < -0.4 is 0 Å². The normalized spacial score (nSPS) is 34.7. The molecule has 0 radical (unpaired) electrons. The molecule has 1 saturated carbocycles. The van der Waals surface area contributed by atoms with E-state index in [0.717, 1.165) is 13.0 Å². The summed E-state index contributed by atoms with van der Waals surface area (Å²) in [6, 6.07) is 0. The lowest BCUT2D eigenvalue weighted by atomic mass is 10.1. The number of nitrogens with zero attached hydrogens (tertiary/aromatic N) is 1. The molecule has 0 unspecified atom stereocenters. The quantitative estimate of drug-likeness (QED) is 0.658. The lowest BCUT2D eigenvalue weighted by molar-refractivity contribution is 0.00134. The fraction of sp³-hybridized carbons (Fsp3) is 0.909. The molecule has 0 aromatic rings. The van der Waals surface area contributed by atoms with Crippen molar-refractivity contribution in [1.82, 2.24) is 4.90 Å². The van der Waals surface area contributed by atoms with Crippen molar-refractivity contribution in [3.63, 3.8) is 0 Å². The number of hydrogen-bond donors (Lipinski definition) is 1. The van der Waals surface area contributed by atoms with E-state index in [1.54, 1.807) is 4.90 Å². The van der Waals surface area contributed by atoms with Crippen LogP contribution >= 0.6 is 0 Å². The monoisotopic (exact) mass is 213 g/mol. The van der Waals surface area contributed by atoms with Gasteiger partial charge in [0.2, 0.25) is 0 Å². The smallest absolute Gasteiger partial charge is 0.410 e. The zero-order valence-electron chi connectivity index (χ0n) is 9.56. The third-order valence-electron chi connectivity index (χ3n) is 2.99. The van der Waals surface area contributed by atoms with Gasteiger partial charge in [0.15, 0.2) is 0 Å². The zero-order valence-corrected chi connectivity index (χ0v) is 9.56. The molecule has 4 heteroatoms. The minimum atomic E-state index is -0.456. The molecule has 1 aliphatic carbocycles. The summed E-state index contributed by atoms with van der Waals surface area (Å²) < 4.78 is 5.27. The largest absolute Gasteiger partial charge is 0.444 e. The van der Waals surface area contributed by atoms with Gasteiger partial charge in [0.25, 0.3) is 0 Å². The average Bonchev–Trinajstić information content (AvgIpc) is 2.79. The molecular weight excluding hydrogens is 194 g/mol. The van der Waals surface area contributed by atoms with E-state index in [-0.39, 0.29) is 12.2 Å². The molecule has 2 aliphatic rings. The molecule has 0 bridgehead atoms. The van der Waals surface area contributed by atoms with Crippen LogP contribution in [0.2, 0.25) is 0 Å². The first-order chi connectivity index (χ1) is 6.87. The number of hydrogen-bond acceptors (Lipinski definition) is 3. The second-order valence-corrected chi connectivity index (χ2v) is 5.61. The molecule has 1 heterocycles. The van der Waals surface area contributed by atoms with Crippen LogP contribution in [0.15, 0.2) is 0 Å². The SMILES string of the molecule is CC(C)(C)OC(=O)N1C[C@H]2C[C@@H]2[C@@H](O)C1. The van der Waals surface area contributed by atoms with Crippen LogP contribution in [-0.2, 0) is 4.74 Å². The van der Waals surface area contributed by atoms with Gasteiger partial charge >= 0.3 is 6.09 Å². The highest BCUT2D eigenvalue weighted by atomic mass is 16.6. The molecule has 1 aliphatic heterocycles. The van der Waals surface area contributed by atoms with E-state index >= 15 is 0 Å². The molecule has 1 saturated heterocycles. The van der Waals surface area contributed by atoms with Gasteiger partial charge in [0.05, 0.1) is 12.6 Å². The molecule has 4 nitrogen and oxygen atoms in total. The van der Waals surface area contributed by atoms with Gasteiger partial charge in [-0.1, -0.05) is 0 Å². The number of piperidine rings is 1. The first kappa shape index (κ1) is 10.7. The van der Waals surface area contributed by atoms with Gasteiger partial charge in [-0.2, -0.15) is 0 Å². The first-order valence-electron chi connectivity index (χ1n) is 5.53. The van der Waals surface area contributed by atoms with Crippen LogP contribution in [0.4, 0.5) is 4.79 Å². The maximum absolute atomic E-state index is 11.7. The molecule has 2 rings (SSSR count). The van der Waals surface area contributed by atoms with Crippen molar-refractivity contribution in [3.05, 3.63) is 0 Å². The molecule has 1 amide bonds. The van der Waals surface area contributed by atoms with Gasteiger partial charge < -0.3 is 14.7 Å². The van der Waals surface area contributed by atoms with Crippen molar-refractivity contribution in [1.29, 1.82) is 0 Å². The number of aliphatic hydroxyl groups is 1. The van der Waals surface area contributed by atoms with Crippen LogP contribution in [0, 0.1) is 11.8 Å². The molecule has 2 fully saturated rings. The Morgan fingerprint density at radius 2 is 2.07 bits per heavy atom. The third-order valence-corrected chi connectivity index (χ3v) is 2.99. The maximum atomic E-state index is 11.7. The first-order valence-corrected chi connectivity index (χ1v) is 5.53. The third kappa shape index (κ3) is 2.43. The summed E-state index contributed by atoms with van der Waals surface area (Å²) >= 11 is 0. The molecule has 0 aromatic carbocycles. The highest BCUT2D eigenvalue weighted by molar-refractivity contribution is 5.68. The summed E-state index contributed by atoms with van der Waals surface area (Å²) in [4.78, 5) is 13.3. The Balaban J connectivity index is 1.90. The predicted molar refractivity (Wildman–Crippen MR) is 55.4 cm³/mol. The van der Waals surface area contributed by atoms with Crippen molar-refractivity contribution in [2.24, 2.45) is 11.8 Å². The van der Waals surface area contributed by atoms with Crippen molar-refractivity contribution in [2.45, 2.75) is 38.9 Å². The van der Waals surface area contributed by atoms with Crippen molar-refractivity contribution < 1.29 is 14.6 Å². The van der Waals surface area contributed by atoms with E-state index in [9.17, 15) is 9.90 Å². The number of carbonyl (C=O) groups is 1. The summed E-state index contributed by atoms with van der Waals surface area (Å²) in [5, 5.41) is 9.69. The van der Waals surface area contributed by atoms with Crippen molar-refractivity contribution >= 4 is 6.09 Å². The van der Waals surface area contributed by atoms with Gasteiger partial charge in [-0.15, -0.1) is 0 Å². The van der Waals surface area contributed by atoms with Gasteiger partial charge in [-0.25, -0.2) is 4.79 Å². The number of likely N-dealkylation sites (tertiary alicyclic amines) is 1. The van der Waals surface area contributed by atoms with Crippen LogP contribution in [0.5, 0.6) is 0 Å². The molecule has 0 spiro atoms. The number of rotatable bonds is 0. The van der Waals surface area contributed by atoms with Gasteiger partial charge in [-0.3, -0.25) is 0 Å². The number of β-amino-alcohol motifs (C(OH)–C–C–N with tert-alkyl or cyclic N) is 1. The van der Waals surface area contributed by atoms with E-state index < -0.39 is 5.60 Å². The lowest BCUT2D eigenvalue weighted by Gasteiger charge is -2.31. The molecule has 86 valence electrons. The standard InChI is InChI=1S/C11H19NO3/c1-11(2,3)15-10(14)12-5-7-4-8(7)9(13)6-12/h7-9,13H,4-6H2,1-3H3/t7-,8+,9+/m1/s1. The fourth-order valence-electron chi connectivity index (χ4n) is 2.15. The Labute approximate surface area is 90.2 Å². The maximum Gasteiger partial charge on any atom is 0.410 e. The molecule has 15 heavy (non-hydrogen) atoms. The highest BCUT2D eigenvalue weighted by Gasteiger charge is 2.48. The number of fused-ring (bicyclic) bond motifs is 1. The Bertz CT molecular complexity index is 271. The summed E-state index contributed by atoms with van der Waals surface area (Å²) in [7, 11) is 0. The van der Waals surface area contributed by atoms with Crippen molar-refractivity contribution in [3.8, 4) is 0 Å². The minimum absolute atomic E-state index is 0.299. The van der Waals surface area contributed by atoms with E-state index in [2.05, 4.69) is 0 Å². The van der Waals surface area contributed by atoms with E-state index in [4.69, 9.17) is 4.74 Å². The number of ether oxygens (including phenoxy) is 1. The molecule has 0 aromatic heterocycles. The Hall–Kier alpha value is -0.770. The van der Waals surface area contributed by atoms with Crippen LogP contribution in [-0.4, -0.2) is 40.9 Å². The number of aliphatic hydroxyl groups excluding tert-OH is 1. The average molecular weight is 213 g/mol. The summed E-state index contributed by atoms with van der Waals surface area (Å²) in [5.41, 5.74) is -0.456. The highest BCUT2D eigenvalue weighted by Crippen LogP contribution is 2.45. The second kappa shape index (κ2) is 3.37. The predicted octanol–water partition coefficient (Wildman–Crippen LogP) is 1.23. The fourth-order valence-corrected chi connectivity index (χ4v) is 2.15. The van der Waals surface area contributed by atoms with Gasteiger partial charge in [0, 0.05) is 6.54 Å². The number of carbonyl (C=O) groups excluding carboxylic acids is 1. The van der Waals surface area contributed by atoms with Gasteiger partial charge in [-0.05, 0) is 39.0 Å². The minimum Gasteiger partial charge on any atom is -0.444 e. The molecular formula is C11H19NO3. The van der Waals surface area contributed by atoms with Crippen molar-refractivity contribution in [2.75, 3.05) is 13.1 Å². The van der Waals surface area contributed by atoms with Gasteiger partial charge in [0.1, 0.15) is 5.60 Å². The Kier molecular flexibility index (Phi) is 2.41. The Morgan fingerprint density at radius 1 is 1.40 bits per heavy atom. The summed E-state index contributed by atoms with van der Waals surface area (Å²) in [5.74, 6) is 0.935. The Morgan fingerprint density at radius 3 is 2.60 bits per heavy atom. The van der Waals surface area contributed by atoms with Crippen LogP contribution in [0.1, 0.15) is 27.2 Å². The summed E-state index contributed by atoms with van der Waals surface area (Å²) in [6.07, 6.45) is 0.406. The lowest BCUT2D eigenvalue weighted by Crippen LogP contribution is -2.45. The number of amides is 1. The zero-order chi connectivity index (χ0) is 11.2. The topological polar surface area (TPSA) is 49.8 Å². The van der Waals surface area contributed by atoms with E-state index in [0.29, 0.717) is 18.4 Å². The van der Waals surface area contributed by atoms with E-state index in [1.807, 2.05) is 20.8 Å². The second-order valence-electron chi connectivity index (χ2n) is 5.61. The van der Waals surface area contributed by atoms with Crippen LogP contribution in [0.25, 0.3) is 0 Å². The molecule has 1 N–H and O–H groups in total. The van der Waals surface area contributed by atoms with Crippen LogP contribution in [0.3, 0.4) is 0 Å². The van der Waals surface area contributed by atoms with E-state index in [1.165, 1.54) is 0 Å². The summed E-state index contributed by atoms with van der Waals surface area (Å²) in [6.45, 7) is 6.73.